The third-order valence-electron chi connectivity index (χ3n) is 1.47. The minimum atomic E-state index is 0.590. The van der Waals surface area contributed by atoms with E-state index in [9.17, 15) is 5.21 Å². The van der Waals surface area contributed by atoms with Gasteiger partial charge in [0.1, 0.15) is 0 Å². The molecular formula is C8H11NO2. The Hall–Kier alpha value is -1.09. The van der Waals surface area contributed by atoms with Crippen LogP contribution in [-0.4, -0.2) is 13.7 Å². The van der Waals surface area contributed by atoms with Gasteiger partial charge in [0.25, 0.3) is 0 Å². The van der Waals surface area contributed by atoms with E-state index in [2.05, 4.69) is 0 Å². The van der Waals surface area contributed by atoms with Crippen molar-refractivity contribution < 1.29 is 9.47 Å². The molecular weight excluding hydrogens is 142 g/mol. The molecule has 0 unspecified atom stereocenters. The molecule has 0 aliphatic rings. The molecule has 0 aliphatic heterocycles. The molecule has 11 heavy (non-hydrogen) atoms. The molecule has 0 fully saturated rings. The number of pyridine rings is 1. The molecule has 0 saturated carbocycles. The quantitative estimate of drug-likeness (QED) is 0.468. The van der Waals surface area contributed by atoms with Crippen molar-refractivity contribution >= 4 is 0 Å². The summed E-state index contributed by atoms with van der Waals surface area (Å²) >= 11 is 0. The zero-order valence-corrected chi connectivity index (χ0v) is 6.49. The first kappa shape index (κ1) is 8.01. The van der Waals surface area contributed by atoms with Crippen LogP contribution in [-0.2, 0) is 11.2 Å². The van der Waals surface area contributed by atoms with Gasteiger partial charge in [-0.1, -0.05) is 6.07 Å². The van der Waals surface area contributed by atoms with Crippen molar-refractivity contribution in [3.63, 3.8) is 0 Å². The van der Waals surface area contributed by atoms with Crippen molar-refractivity contribution in [1.82, 2.24) is 0 Å². The number of methoxy groups -OCH3 is 1. The summed E-state index contributed by atoms with van der Waals surface area (Å²) in [5.41, 5.74) is 0.745. The Morgan fingerprint density at radius 1 is 1.55 bits per heavy atom. The lowest BCUT2D eigenvalue weighted by molar-refractivity contribution is -0.614. The van der Waals surface area contributed by atoms with Gasteiger partial charge >= 0.3 is 0 Å². The zero-order valence-electron chi connectivity index (χ0n) is 6.49. The molecule has 1 rings (SSSR count). The van der Waals surface area contributed by atoms with Crippen molar-refractivity contribution in [2.75, 3.05) is 13.7 Å². The number of nitrogens with zero attached hydrogens (tertiary/aromatic N) is 1. The Balaban J connectivity index is 2.62. The van der Waals surface area contributed by atoms with Crippen LogP contribution in [0.2, 0.25) is 0 Å². The van der Waals surface area contributed by atoms with Crippen LogP contribution in [0.5, 0.6) is 0 Å². The molecule has 0 amide bonds. The standard InChI is InChI=1S/C8H11NO2/c1-11-7-5-8-4-2-3-6-9(8)10/h2-4,6H,5,7H2,1H3. The van der Waals surface area contributed by atoms with E-state index in [1.54, 1.807) is 19.2 Å². The lowest BCUT2D eigenvalue weighted by atomic mass is 10.3. The molecule has 1 aromatic heterocycles. The number of aromatic nitrogens is 1. The molecule has 0 radical (unpaired) electrons. The van der Waals surface area contributed by atoms with Crippen molar-refractivity contribution in [1.29, 1.82) is 0 Å². The lowest BCUT2D eigenvalue weighted by Gasteiger charge is -2.01. The molecule has 1 aromatic rings. The molecule has 0 aromatic carbocycles. The normalized spacial score (nSPS) is 9.91. The van der Waals surface area contributed by atoms with Crippen LogP contribution in [0, 0.1) is 5.21 Å². The first-order valence-electron chi connectivity index (χ1n) is 3.50. The second-order valence-corrected chi connectivity index (χ2v) is 2.26. The van der Waals surface area contributed by atoms with Crippen LogP contribution >= 0.6 is 0 Å². The van der Waals surface area contributed by atoms with Gasteiger partial charge in [0.2, 0.25) is 0 Å². The van der Waals surface area contributed by atoms with Crippen LogP contribution in [0.1, 0.15) is 5.69 Å². The summed E-state index contributed by atoms with van der Waals surface area (Å²) in [7, 11) is 1.62. The van der Waals surface area contributed by atoms with E-state index in [4.69, 9.17) is 4.74 Å². The van der Waals surface area contributed by atoms with Gasteiger partial charge in [0, 0.05) is 19.2 Å². The van der Waals surface area contributed by atoms with Crippen LogP contribution in [0.4, 0.5) is 0 Å². The molecule has 3 heteroatoms. The predicted molar refractivity (Wildman–Crippen MR) is 41.0 cm³/mol. The van der Waals surface area contributed by atoms with Gasteiger partial charge < -0.3 is 9.94 Å². The Morgan fingerprint density at radius 3 is 3.00 bits per heavy atom. The first-order valence-corrected chi connectivity index (χ1v) is 3.50. The van der Waals surface area contributed by atoms with E-state index in [1.807, 2.05) is 6.07 Å². The summed E-state index contributed by atoms with van der Waals surface area (Å²) in [6.45, 7) is 0.590. The molecule has 0 N–H and O–H groups in total. The lowest BCUT2D eigenvalue weighted by Crippen LogP contribution is -2.31. The predicted octanol–water partition coefficient (Wildman–Crippen LogP) is 0.509. The van der Waals surface area contributed by atoms with Gasteiger partial charge in [-0.3, -0.25) is 0 Å². The van der Waals surface area contributed by atoms with Crippen molar-refractivity contribution in [3.05, 3.63) is 35.3 Å². The van der Waals surface area contributed by atoms with Gasteiger partial charge in [-0.15, -0.1) is 0 Å². The Kier molecular flexibility index (Phi) is 2.86. The van der Waals surface area contributed by atoms with Crippen molar-refractivity contribution in [3.8, 4) is 0 Å². The number of ether oxygens (including phenoxy) is 1. The molecule has 0 spiro atoms. The van der Waals surface area contributed by atoms with E-state index in [0.29, 0.717) is 13.0 Å². The fourth-order valence-corrected chi connectivity index (χ4v) is 0.864. The second kappa shape index (κ2) is 3.93. The van der Waals surface area contributed by atoms with Crippen LogP contribution < -0.4 is 4.73 Å². The third-order valence-corrected chi connectivity index (χ3v) is 1.47. The SMILES string of the molecule is COCCc1cccc[n+]1[O-]. The molecule has 3 nitrogen and oxygen atoms in total. The Labute approximate surface area is 65.8 Å². The maximum absolute atomic E-state index is 11.0. The highest BCUT2D eigenvalue weighted by Gasteiger charge is 2.00. The largest absolute Gasteiger partial charge is 0.619 e. The number of rotatable bonds is 3. The topological polar surface area (TPSA) is 36.2 Å². The molecule has 0 aliphatic carbocycles. The highest BCUT2D eigenvalue weighted by Crippen LogP contribution is 1.91. The van der Waals surface area contributed by atoms with E-state index in [-0.39, 0.29) is 0 Å². The highest BCUT2D eigenvalue weighted by atomic mass is 16.5. The maximum atomic E-state index is 11.0. The summed E-state index contributed by atoms with van der Waals surface area (Å²) in [6.07, 6.45) is 2.16. The van der Waals surface area contributed by atoms with Gasteiger partial charge in [0.15, 0.2) is 11.9 Å². The third kappa shape index (κ3) is 2.20. The van der Waals surface area contributed by atoms with E-state index in [0.717, 1.165) is 10.4 Å². The van der Waals surface area contributed by atoms with E-state index in [1.165, 1.54) is 6.20 Å². The second-order valence-electron chi connectivity index (χ2n) is 2.26. The highest BCUT2D eigenvalue weighted by molar-refractivity contribution is 4.97. The minimum Gasteiger partial charge on any atom is -0.619 e. The average Bonchev–Trinajstić information content (AvgIpc) is 2.03. The van der Waals surface area contributed by atoms with E-state index < -0.39 is 0 Å². The van der Waals surface area contributed by atoms with Gasteiger partial charge in [-0.05, 0) is 0 Å². The average molecular weight is 153 g/mol. The maximum Gasteiger partial charge on any atom is 0.195 e. The fraction of sp³-hybridized carbons (Fsp3) is 0.375. The molecule has 0 atom stereocenters. The van der Waals surface area contributed by atoms with Crippen LogP contribution in [0.3, 0.4) is 0 Å². The number of hydrogen-bond acceptors (Lipinski definition) is 2. The van der Waals surface area contributed by atoms with Crippen LogP contribution in [0.15, 0.2) is 24.4 Å². The molecule has 60 valence electrons. The summed E-state index contributed by atoms with van der Waals surface area (Å²) in [5.74, 6) is 0. The van der Waals surface area contributed by atoms with Crippen molar-refractivity contribution in [2.24, 2.45) is 0 Å². The number of hydrogen-bond donors (Lipinski definition) is 0. The van der Waals surface area contributed by atoms with Gasteiger partial charge in [0.05, 0.1) is 13.0 Å². The summed E-state index contributed by atoms with van der Waals surface area (Å²) in [4.78, 5) is 0. The van der Waals surface area contributed by atoms with Crippen molar-refractivity contribution in [2.45, 2.75) is 6.42 Å². The molecule has 0 bridgehead atoms. The summed E-state index contributed by atoms with van der Waals surface area (Å²) in [6, 6.07) is 5.36. The minimum absolute atomic E-state index is 0.590. The van der Waals surface area contributed by atoms with Gasteiger partial charge in [-0.25, -0.2) is 0 Å². The molecule has 1 heterocycles. The first-order chi connectivity index (χ1) is 5.34. The monoisotopic (exact) mass is 153 g/mol. The molecule has 0 saturated heterocycles. The summed E-state index contributed by atoms with van der Waals surface area (Å²) in [5, 5.41) is 11.0. The van der Waals surface area contributed by atoms with Crippen LogP contribution in [0.25, 0.3) is 0 Å². The Morgan fingerprint density at radius 2 is 2.36 bits per heavy atom. The van der Waals surface area contributed by atoms with E-state index >= 15 is 0 Å². The van der Waals surface area contributed by atoms with Gasteiger partial charge in [-0.2, -0.15) is 4.73 Å². The Bertz CT molecular complexity index is 225. The fourth-order valence-electron chi connectivity index (χ4n) is 0.864. The zero-order chi connectivity index (χ0) is 8.10. The smallest absolute Gasteiger partial charge is 0.195 e. The summed E-state index contributed by atoms with van der Waals surface area (Å²) < 4.78 is 5.71.